The highest BCUT2D eigenvalue weighted by atomic mass is 27.3. The van der Waals surface area contributed by atoms with Crippen molar-refractivity contribution in [2.45, 2.75) is 13.8 Å². The van der Waals surface area contributed by atoms with Crippen LogP contribution in [-0.2, 0) is 0 Å². The first-order valence-corrected chi connectivity index (χ1v) is 4.91. The van der Waals surface area contributed by atoms with Gasteiger partial charge in [0.1, 0.15) is 0 Å². The first-order valence-electron chi connectivity index (χ1n) is 3.46. The number of aryl methyl sites for hydroxylation is 2. The Morgan fingerprint density at radius 3 is 1.82 bits per heavy atom. The molecule has 0 spiro atoms. The van der Waals surface area contributed by atoms with Crippen LogP contribution in [0.4, 0.5) is 7.05 Å². The zero-order chi connectivity index (χ0) is 8.43. The van der Waals surface area contributed by atoms with Crippen LogP contribution >= 0.6 is 0 Å². The van der Waals surface area contributed by atoms with E-state index in [0.29, 0.717) is 0 Å². The SMILES string of the molecule is Cc1cc(C)c[c]([Al]([F])[F])c1. The summed E-state index contributed by atoms with van der Waals surface area (Å²) in [6.45, 7) is 3.68. The molecule has 0 fully saturated rings. The van der Waals surface area contributed by atoms with Gasteiger partial charge in [-0.25, -0.2) is 0 Å². The van der Waals surface area contributed by atoms with Crippen LogP contribution in [0.5, 0.6) is 0 Å². The van der Waals surface area contributed by atoms with E-state index < -0.39 is 15.1 Å². The summed E-state index contributed by atoms with van der Waals surface area (Å²) in [6.07, 6.45) is 0. The van der Waals surface area contributed by atoms with Crippen molar-refractivity contribution in [2.75, 3.05) is 0 Å². The molecule has 0 aliphatic heterocycles. The first-order chi connectivity index (χ1) is 5.09. The van der Waals surface area contributed by atoms with Crippen LogP contribution in [0.3, 0.4) is 0 Å². The van der Waals surface area contributed by atoms with Crippen molar-refractivity contribution in [2.24, 2.45) is 0 Å². The predicted octanol–water partition coefficient (Wildman–Crippen LogP) is 1.94. The second-order valence-electron chi connectivity index (χ2n) is 2.72. The summed E-state index contributed by atoms with van der Waals surface area (Å²) in [5.74, 6) is 0. The Labute approximate surface area is 70.2 Å². The Morgan fingerprint density at radius 2 is 1.45 bits per heavy atom. The van der Waals surface area contributed by atoms with Crippen LogP contribution in [0, 0.1) is 13.8 Å². The molecule has 0 saturated carbocycles. The molecule has 0 N–H and O–H groups in total. The number of hydrogen-bond acceptors (Lipinski definition) is 0. The van der Waals surface area contributed by atoms with Gasteiger partial charge in [-0.2, -0.15) is 0 Å². The number of rotatable bonds is 1. The summed E-state index contributed by atoms with van der Waals surface area (Å²) in [5, 5.41) is 0. The van der Waals surface area contributed by atoms with E-state index in [4.69, 9.17) is 0 Å². The Morgan fingerprint density at radius 1 is 1.00 bits per heavy atom. The lowest BCUT2D eigenvalue weighted by molar-refractivity contribution is 0.684. The lowest BCUT2D eigenvalue weighted by atomic mass is 10.2. The molecule has 0 heterocycles. The minimum Gasteiger partial charge on any atom is -0.370 e. The standard InChI is InChI=1S/C8H9.Al.2FH/c1-7-4-3-5-8(2)6-7;;;/h4-6H,1-2H3;;2*1H/q;+2;;/p-2. The van der Waals surface area contributed by atoms with Crippen LogP contribution < -0.4 is 4.43 Å². The van der Waals surface area contributed by atoms with Gasteiger partial charge in [0.25, 0.3) is 0 Å². The van der Waals surface area contributed by atoms with Crippen molar-refractivity contribution in [1.29, 1.82) is 0 Å². The minimum absolute atomic E-state index is 0.252. The summed E-state index contributed by atoms with van der Waals surface area (Å²) in [5.41, 5.74) is 1.85. The van der Waals surface area contributed by atoms with Gasteiger partial charge in [-0.05, 0) is 18.3 Å². The third-order valence-electron chi connectivity index (χ3n) is 1.50. The largest absolute Gasteiger partial charge is 0.802 e. The zero-order valence-corrected chi connectivity index (χ0v) is 7.72. The van der Waals surface area contributed by atoms with Gasteiger partial charge in [0.15, 0.2) is 0 Å². The van der Waals surface area contributed by atoms with Crippen LogP contribution in [0.15, 0.2) is 18.2 Å². The van der Waals surface area contributed by atoms with E-state index >= 15 is 0 Å². The Kier molecular flexibility index (Phi) is 2.64. The molecular weight excluding hydrogens is 161 g/mol. The normalized spacial score (nSPS) is 9.82. The molecule has 0 saturated heterocycles. The van der Waals surface area contributed by atoms with Crippen molar-refractivity contribution >= 4 is 19.5 Å². The molecule has 0 atom stereocenters. The molecule has 0 amide bonds. The molecular formula is C8H9AlF2. The van der Waals surface area contributed by atoms with E-state index in [0.717, 1.165) is 11.1 Å². The van der Waals surface area contributed by atoms with Crippen molar-refractivity contribution in [1.82, 2.24) is 0 Å². The van der Waals surface area contributed by atoms with E-state index in [2.05, 4.69) is 0 Å². The highest BCUT2D eigenvalue weighted by Gasteiger charge is 2.23. The van der Waals surface area contributed by atoms with E-state index in [1.165, 1.54) is 0 Å². The summed E-state index contributed by atoms with van der Waals surface area (Å²) in [7, 11) is 0. The fraction of sp³-hybridized carbons (Fsp3) is 0.250. The second-order valence-corrected chi connectivity index (χ2v) is 3.99. The maximum absolute atomic E-state index is 12.3. The lowest BCUT2D eigenvalue weighted by Gasteiger charge is -1.99. The highest BCUT2D eigenvalue weighted by Crippen LogP contribution is 2.02. The van der Waals surface area contributed by atoms with Crippen LogP contribution in [-0.4, -0.2) is 15.1 Å². The molecule has 0 aromatic heterocycles. The Balaban J connectivity index is 3.08. The third kappa shape index (κ3) is 2.29. The van der Waals surface area contributed by atoms with Crippen LogP contribution in [0.25, 0.3) is 0 Å². The van der Waals surface area contributed by atoms with E-state index in [1.54, 1.807) is 12.1 Å². The minimum atomic E-state index is -3.58. The van der Waals surface area contributed by atoms with Crippen molar-refractivity contribution < 1.29 is 7.05 Å². The first kappa shape index (κ1) is 8.71. The summed E-state index contributed by atoms with van der Waals surface area (Å²) < 4.78 is 24.8. The molecule has 3 heteroatoms. The third-order valence-corrected chi connectivity index (χ3v) is 2.33. The molecule has 1 rings (SSSR count). The summed E-state index contributed by atoms with van der Waals surface area (Å²) in [6, 6.07) is 5.05. The molecule has 0 unspecified atom stereocenters. The van der Waals surface area contributed by atoms with Crippen molar-refractivity contribution in [3.05, 3.63) is 29.3 Å². The fourth-order valence-corrected chi connectivity index (χ4v) is 1.91. The zero-order valence-electron chi connectivity index (χ0n) is 6.57. The molecule has 0 radical (unpaired) electrons. The monoisotopic (exact) mass is 170 g/mol. The van der Waals surface area contributed by atoms with Gasteiger partial charge < -0.3 is 7.05 Å². The van der Waals surface area contributed by atoms with Crippen molar-refractivity contribution in [3.63, 3.8) is 0 Å². The number of benzene rings is 1. The molecule has 1 aromatic rings. The highest BCUT2D eigenvalue weighted by molar-refractivity contribution is 6.60. The van der Waals surface area contributed by atoms with Gasteiger partial charge in [0, 0.05) is 0 Å². The van der Waals surface area contributed by atoms with Gasteiger partial charge in [-0.3, -0.25) is 0 Å². The van der Waals surface area contributed by atoms with Gasteiger partial charge in [0.05, 0.1) is 0 Å². The smallest absolute Gasteiger partial charge is 0.370 e. The van der Waals surface area contributed by atoms with Gasteiger partial charge in [0.2, 0.25) is 0 Å². The fourth-order valence-electron chi connectivity index (χ4n) is 1.14. The lowest BCUT2D eigenvalue weighted by Crippen LogP contribution is -2.20. The Hall–Kier alpha value is -0.388. The quantitative estimate of drug-likeness (QED) is 0.565. The molecule has 0 bridgehead atoms. The molecule has 0 nitrogen and oxygen atoms in total. The van der Waals surface area contributed by atoms with E-state index in [9.17, 15) is 7.05 Å². The maximum Gasteiger partial charge on any atom is 0.802 e. The number of hydrogen-bond donors (Lipinski definition) is 0. The molecule has 1 aromatic carbocycles. The summed E-state index contributed by atoms with van der Waals surface area (Å²) in [4.78, 5) is 0. The van der Waals surface area contributed by atoms with Crippen molar-refractivity contribution in [3.8, 4) is 0 Å². The van der Waals surface area contributed by atoms with E-state index in [1.807, 2.05) is 19.9 Å². The van der Waals surface area contributed by atoms with E-state index in [-0.39, 0.29) is 4.43 Å². The second kappa shape index (κ2) is 3.34. The van der Waals surface area contributed by atoms with Gasteiger partial charge in [-0.1, -0.05) is 29.3 Å². The number of halogens is 2. The maximum atomic E-state index is 12.3. The van der Waals surface area contributed by atoms with Gasteiger partial charge >= 0.3 is 15.1 Å². The average molecular weight is 170 g/mol. The predicted molar refractivity (Wildman–Crippen MR) is 43.5 cm³/mol. The Bertz CT molecular complexity index is 238. The molecule has 11 heavy (non-hydrogen) atoms. The van der Waals surface area contributed by atoms with Crippen LogP contribution in [0.1, 0.15) is 11.1 Å². The molecule has 0 aliphatic rings. The molecule has 0 aliphatic carbocycles. The van der Waals surface area contributed by atoms with Gasteiger partial charge in [-0.15, -0.1) is 0 Å². The summed E-state index contributed by atoms with van der Waals surface area (Å²) >= 11 is -3.58. The topological polar surface area (TPSA) is 0 Å². The van der Waals surface area contributed by atoms with Crippen LogP contribution in [0.2, 0.25) is 0 Å². The average Bonchev–Trinajstić information content (AvgIpc) is 1.85. The molecule has 58 valence electrons.